The molecule has 1 aromatic rings. The molecule has 1 rings (SSSR count). The zero-order valence-corrected chi connectivity index (χ0v) is 11.3. The molecule has 0 heterocycles. The van der Waals surface area contributed by atoms with Gasteiger partial charge in [0, 0.05) is 6.04 Å². The van der Waals surface area contributed by atoms with Crippen LogP contribution in [0.5, 0.6) is 5.75 Å². The van der Waals surface area contributed by atoms with E-state index < -0.39 is 0 Å². The molecule has 17 heavy (non-hydrogen) atoms. The summed E-state index contributed by atoms with van der Waals surface area (Å²) >= 11 is 0. The highest BCUT2D eigenvalue weighted by molar-refractivity contribution is 5.29. The SMILES string of the molecule is COc1ccc(C(CCC(C)(C)C)NN)cc1. The number of nitrogens with two attached hydrogens (primary N) is 1. The summed E-state index contributed by atoms with van der Waals surface area (Å²) in [4.78, 5) is 0. The van der Waals surface area contributed by atoms with E-state index >= 15 is 0 Å². The average Bonchev–Trinajstić information content (AvgIpc) is 2.29. The largest absolute Gasteiger partial charge is 0.497 e. The highest BCUT2D eigenvalue weighted by Crippen LogP contribution is 2.27. The summed E-state index contributed by atoms with van der Waals surface area (Å²) in [6.07, 6.45) is 2.17. The molecule has 0 aliphatic rings. The van der Waals surface area contributed by atoms with Crippen molar-refractivity contribution in [1.82, 2.24) is 5.43 Å². The zero-order chi connectivity index (χ0) is 12.9. The Morgan fingerprint density at radius 3 is 2.24 bits per heavy atom. The quantitative estimate of drug-likeness (QED) is 0.610. The minimum Gasteiger partial charge on any atom is -0.497 e. The third-order valence-electron chi connectivity index (χ3n) is 2.90. The number of hydrogen-bond acceptors (Lipinski definition) is 3. The lowest BCUT2D eigenvalue weighted by Crippen LogP contribution is -2.28. The van der Waals surface area contributed by atoms with Crippen LogP contribution in [0.4, 0.5) is 0 Å². The molecule has 3 heteroatoms. The minimum atomic E-state index is 0.208. The van der Waals surface area contributed by atoms with Gasteiger partial charge in [-0.25, -0.2) is 0 Å². The second kappa shape index (κ2) is 6.03. The first-order valence-electron chi connectivity index (χ1n) is 6.06. The van der Waals surface area contributed by atoms with Crippen LogP contribution in [-0.2, 0) is 0 Å². The number of nitrogens with one attached hydrogen (secondary N) is 1. The average molecular weight is 236 g/mol. The second-order valence-corrected chi connectivity index (χ2v) is 5.59. The monoisotopic (exact) mass is 236 g/mol. The number of benzene rings is 1. The topological polar surface area (TPSA) is 47.3 Å². The maximum atomic E-state index is 5.62. The number of rotatable bonds is 5. The maximum Gasteiger partial charge on any atom is 0.118 e. The lowest BCUT2D eigenvalue weighted by Gasteiger charge is -2.23. The van der Waals surface area contributed by atoms with Crippen molar-refractivity contribution in [1.29, 1.82) is 0 Å². The molecule has 96 valence electrons. The summed E-state index contributed by atoms with van der Waals surface area (Å²) in [5.41, 5.74) is 4.43. The number of methoxy groups -OCH3 is 1. The molecule has 0 saturated carbocycles. The number of hydrogen-bond donors (Lipinski definition) is 2. The molecule has 0 aromatic heterocycles. The van der Waals surface area contributed by atoms with Crippen LogP contribution in [0.3, 0.4) is 0 Å². The Hall–Kier alpha value is -1.06. The fraction of sp³-hybridized carbons (Fsp3) is 0.571. The van der Waals surface area contributed by atoms with Gasteiger partial charge in [-0.15, -0.1) is 0 Å². The standard InChI is InChI=1S/C14H24N2O/c1-14(2,3)10-9-13(16-15)11-5-7-12(17-4)8-6-11/h5-8,13,16H,9-10,15H2,1-4H3. The summed E-state index contributed by atoms with van der Waals surface area (Å²) in [6, 6.07) is 8.27. The maximum absolute atomic E-state index is 5.62. The molecular formula is C14H24N2O. The van der Waals surface area contributed by atoms with Gasteiger partial charge in [-0.3, -0.25) is 11.3 Å². The predicted octanol–water partition coefficient (Wildman–Crippen LogP) is 3.03. The summed E-state index contributed by atoms with van der Waals surface area (Å²) in [6.45, 7) is 6.73. The van der Waals surface area contributed by atoms with Gasteiger partial charge in [0.25, 0.3) is 0 Å². The lowest BCUT2D eigenvalue weighted by molar-refractivity contribution is 0.333. The number of ether oxygens (including phenoxy) is 1. The lowest BCUT2D eigenvalue weighted by atomic mass is 9.87. The van der Waals surface area contributed by atoms with Gasteiger partial charge in [-0.1, -0.05) is 32.9 Å². The normalized spacial score (nSPS) is 13.5. The molecule has 0 amide bonds. The fourth-order valence-electron chi connectivity index (χ4n) is 1.76. The third-order valence-corrected chi connectivity index (χ3v) is 2.90. The van der Waals surface area contributed by atoms with Gasteiger partial charge in [0.05, 0.1) is 7.11 Å². The molecule has 1 atom stereocenters. The van der Waals surface area contributed by atoms with Crippen molar-refractivity contribution in [2.24, 2.45) is 11.3 Å². The van der Waals surface area contributed by atoms with Crippen molar-refractivity contribution < 1.29 is 4.74 Å². The summed E-state index contributed by atoms with van der Waals surface area (Å²) in [7, 11) is 1.67. The van der Waals surface area contributed by atoms with Gasteiger partial charge >= 0.3 is 0 Å². The highest BCUT2D eigenvalue weighted by atomic mass is 16.5. The van der Waals surface area contributed by atoms with E-state index in [1.165, 1.54) is 5.56 Å². The van der Waals surface area contributed by atoms with Crippen LogP contribution in [0.25, 0.3) is 0 Å². The van der Waals surface area contributed by atoms with Gasteiger partial charge in [-0.2, -0.15) is 0 Å². The Labute approximate surface area is 104 Å². The molecule has 0 saturated heterocycles. The minimum absolute atomic E-state index is 0.208. The Balaban J connectivity index is 2.66. The van der Waals surface area contributed by atoms with Crippen molar-refractivity contribution in [3.63, 3.8) is 0 Å². The van der Waals surface area contributed by atoms with E-state index in [1.807, 2.05) is 12.1 Å². The highest BCUT2D eigenvalue weighted by Gasteiger charge is 2.15. The van der Waals surface area contributed by atoms with Crippen molar-refractivity contribution >= 4 is 0 Å². The molecule has 0 aliphatic carbocycles. The molecule has 3 nitrogen and oxygen atoms in total. The van der Waals surface area contributed by atoms with Crippen molar-refractivity contribution in [3.05, 3.63) is 29.8 Å². The van der Waals surface area contributed by atoms with E-state index in [0.717, 1.165) is 18.6 Å². The van der Waals surface area contributed by atoms with Gasteiger partial charge in [0.2, 0.25) is 0 Å². The van der Waals surface area contributed by atoms with E-state index in [4.69, 9.17) is 10.6 Å². The van der Waals surface area contributed by atoms with E-state index in [9.17, 15) is 0 Å². The molecule has 3 N–H and O–H groups in total. The first kappa shape index (κ1) is 14.0. The van der Waals surface area contributed by atoms with Crippen LogP contribution in [0.2, 0.25) is 0 Å². The van der Waals surface area contributed by atoms with E-state index in [0.29, 0.717) is 5.41 Å². The van der Waals surface area contributed by atoms with Crippen molar-refractivity contribution in [3.8, 4) is 5.75 Å². The predicted molar refractivity (Wildman–Crippen MR) is 71.7 cm³/mol. The summed E-state index contributed by atoms with van der Waals surface area (Å²) in [5.74, 6) is 6.50. The molecule has 1 unspecified atom stereocenters. The van der Waals surface area contributed by atoms with Gasteiger partial charge < -0.3 is 4.74 Å². The van der Waals surface area contributed by atoms with Crippen LogP contribution < -0.4 is 16.0 Å². The second-order valence-electron chi connectivity index (χ2n) is 5.59. The fourth-order valence-corrected chi connectivity index (χ4v) is 1.76. The molecule has 0 spiro atoms. The molecular weight excluding hydrogens is 212 g/mol. The summed E-state index contributed by atoms with van der Waals surface area (Å²) in [5, 5.41) is 0. The van der Waals surface area contributed by atoms with E-state index in [-0.39, 0.29) is 6.04 Å². The smallest absolute Gasteiger partial charge is 0.118 e. The Morgan fingerprint density at radius 1 is 1.24 bits per heavy atom. The van der Waals surface area contributed by atoms with Gasteiger partial charge in [-0.05, 0) is 36.0 Å². The molecule has 0 fully saturated rings. The number of hydrazine groups is 1. The molecule has 0 aliphatic heterocycles. The van der Waals surface area contributed by atoms with Crippen LogP contribution in [0.1, 0.15) is 45.2 Å². The summed E-state index contributed by atoms with van der Waals surface area (Å²) < 4.78 is 5.15. The van der Waals surface area contributed by atoms with Crippen LogP contribution >= 0.6 is 0 Å². The van der Waals surface area contributed by atoms with Gasteiger partial charge in [0.1, 0.15) is 5.75 Å². The van der Waals surface area contributed by atoms with Crippen LogP contribution in [0, 0.1) is 5.41 Å². The first-order valence-corrected chi connectivity index (χ1v) is 6.06. The van der Waals surface area contributed by atoms with Crippen LogP contribution in [-0.4, -0.2) is 7.11 Å². The zero-order valence-electron chi connectivity index (χ0n) is 11.3. The van der Waals surface area contributed by atoms with Crippen LogP contribution in [0.15, 0.2) is 24.3 Å². The molecule has 0 bridgehead atoms. The van der Waals surface area contributed by atoms with Gasteiger partial charge in [0.15, 0.2) is 0 Å². The Morgan fingerprint density at radius 2 is 1.82 bits per heavy atom. The third kappa shape index (κ3) is 4.75. The molecule has 0 radical (unpaired) electrons. The molecule has 1 aromatic carbocycles. The van der Waals surface area contributed by atoms with Crippen molar-refractivity contribution in [2.75, 3.05) is 7.11 Å². The Kier molecular flexibility index (Phi) is 4.97. The first-order chi connectivity index (χ1) is 7.96. The van der Waals surface area contributed by atoms with E-state index in [2.05, 4.69) is 38.3 Å². The Bertz CT molecular complexity index is 327. The van der Waals surface area contributed by atoms with Crippen molar-refractivity contribution in [2.45, 2.75) is 39.7 Å². The van der Waals surface area contributed by atoms with E-state index in [1.54, 1.807) is 7.11 Å².